The van der Waals surface area contributed by atoms with Gasteiger partial charge in [-0.2, -0.15) is 0 Å². The lowest BCUT2D eigenvalue weighted by molar-refractivity contribution is -0.131. The van der Waals surface area contributed by atoms with Gasteiger partial charge in [-0.1, -0.05) is 19.4 Å². The monoisotopic (exact) mass is 248 g/mol. The van der Waals surface area contributed by atoms with Gasteiger partial charge in [0, 0.05) is 6.08 Å². The van der Waals surface area contributed by atoms with E-state index in [2.05, 4.69) is 6.92 Å². The minimum absolute atomic E-state index is 0.786. The number of aryl methyl sites for hydroxylation is 1. The van der Waals surface area contributed by atoms with Gasteiger partial charge < -0.3 is 9.84 Å². The van der Waals surface area contributed by atoms with Gasteiger partial charge in [0.15, 0.2) is 0 Å². The largest absolute Gasteiger partial charge is 0.496 e. The quantitative estimate of drug-likeness (QED) is 0.781. The Morgan fingerprint density at radius 3 is 2.67 bits per heavy atom. The Morgan fingerprint density at radius 2 is 2.17 bits per heavy atom. The van der Waals surface area contributed by atoms with E-state index in [0.717, 1.165) is 41.7 Å². The first kappa shape index (κ1) is 14.3. The van der Waals surface area contributed by atoms with Gasteiger partial charge >= 0.3 is 5.97 Å². The highest BCUT2D eigenvalue weighted by molar-refractivity contribution is 5.90. The van der Waals surface area contributed by atoms with Gasteiger partial charge in [0.2, 0.25) is 0 Å². The van der Waals surface area contributed by atoms with Crippen LogP contribution in [0.25, 0.3) is 5.57 Å². The number of rotatable bonds is 6. The van der Waals surface area contributed by atoms with Gasteiger partial charge in [-0.05, 0) is 48.6 Å². The van der Waals surface area contributed by atoms with Crippen LogP contribution in [0.1, 0.15) is 37.3 Å². The smallest absolute Gasteiger partial charge is 0.328 e. The number of carbonyl (C=O) groups is 1. The maximum atomic E-state index is 10.9. The molecule has 0 spiro atoms. The van der Waals surface area contributed by atoms with E-state index < -0.39 is 5.97 Å². The lowest BCUT2D eigenvalue weighted by atomic mass is 9.98. The van der Waals surface area contributed by atoms with Crippen LogP contribution in [0.5, 0.6) is 5.75 Å². The fourth-order valence-corrected chi connectivity index (χ4v) is 1.89. The molecule has 3 nitrogen and oxygen atoms in total. The molecule has 1 N–H and O–H groups in total. The Hall–Kier alpha value is -1.77. The molecule has 1 aromatic carbocycles. The van der Waals surface area contributed by atoms with Crippen molar-refractivity contribution in [2.45, 2.75) is 33.1 Å². The fourth-order valence-electron chi connectivity index (χ4n) is 1.89. The van der Waals surface area contributed by atoms with Crippen LogP contribution in [0.2, 0.25) is 0 Å². The minimum Gasteiger partial charge on any atom is -0.496 e. The van der Waals surface area contributed by atoms with E-state index in [9.17, 15) is 4.79 Å². The third kappa shape index (κ3) is 3.91. The van der Waals surface area contributed by atoms with E-state index in [1.54, 1.807) is 7.11 Å². The summed E-state index contributed by atoms with van der Waals surface area (Å²) in [7, 11) is 1.63. The SMILES string of the molecule is CCCC/C(=C\C(=O)O)c1ccc(OC)c(C)c1. The van der Waals surface area contributed by atoms with Crippen LogP contribution < -0.4 is 4.74 Å². The maximum Gasteiger partial charge on any atom is 0.328 e. The highest BCUT2D eigenvalue weighted by atomic mass is 16.5. The average Bonchev–Trinajstić information content (AvgIpc) is 2.34. The van der Waals surface area contributed by atoms with E-state index in [-0.39, 0.29) is 0 Å². The number of ether oxygens (including phenoxy) is 1. The highest BCUT2D eigenvalue weighted by Crippen LogP contribution is 2.26. The molecule has 98 valence electrons. The molecule has 0 aromatic heterocycles. The average molecular weight is 248 g/mol. The second kappa shape index (κ2) is 6.84. The second-order valence-electron chi connectivity index (χ2n) is 4.30. The van der Waals surface area contributed by atoms with E-state index in [1.165, 1.54) is 6.08 Å². The third-order valence-electron chi connectivity index (χ3n) is 2.86. The minimum atomic E-state index is -0.894. The molecule has 0 aliphatic heterocycles. The Morgan fingerprint density at radius 1 is 1.44 bits per heavy atom. The van der Waals surface area contributed by atoms with Crippen LogP contribution in [0.3, 0.4) is 0 Å². The molecule has 0 amide bonds. The Balaban J connectivity index is 3.05. The van der Waals surface area contributed by atoms with Crippen LogP contribution in [0.15, 0.2) is 24.3 Å². The number of carboxylic acids is 1. The number of carboxylic acid groups (broad SMARTS) is 1. The summed E-state index contributed by atoms with van der Waals surface area (Å²) >= 11 is 0. The molecule has 18 heavy (non-hydrogen) atoms. The van der Waals surface area contributed by atoms with Gasteiger partial charge in [0.1, 0.15) is 5.75 Å². The molecule has 0 aliphatic rings. The van der Waals surface area contributed by atoms with Crippen molar-refractivity contribution in [2.75, 3.05) is 7.11 Å². The maximum absolute atomic E-state index is 10.9. The summed E-state index contributed by atoms with van der Waals surface area (Å²) in [6.07, 6.45) is 4.13. The van der Waals surface area contributed by atoms with Crippen molar-refractivity contribution in [3.8, 4) is 5.75 Å². The van der Waals surface area contributed by atoms with E-state index in [1.807, 2.05) is 25.1 Å². The van der Waals surface area contributed by atoms with Crippen molar-refractivity contribution in [1.29, 1.82) is 0 Å². The molecule has 0 atom stereocenters. The first-order chi connectivity index (χ1) is 8.58. The van der Waals surface area contributed by atoms with E-state index in [0.29, 0.717) is 0 Å². The summed E-state index contributed by atoms with van der Waals surface area (Å²) in [5.74, 6) is -0.0708. The molecule has 0 heterocycles. The number of methoxy groups -OCH3 is 1. The van der Waals surface area contributed by atoms with Crippen LogP contribution in [-0.2, 0) is 4.79 Å². The molecule has 0 saturated carbocycles. The Bertz CT molecular complexity index is 447. The van der Waals surface area contributed by atoms with Gasteiger partial charge in [0.25, 0.3) is 0 Å². The highest BCUT2D eigenvalue weighted by Gasteiger charge is 2.06. The zero-order valence-electron chi connectivity index (χ0n) is 11.2. The molecule has 0 bridgehead atoms. The van der Waals surface area contributed by atoms with Crippen molar-refractivity contribution in [3.05, 3.63) is 35.4 Å². The predicted molar refractivity (Wildman–Crippen MR) is 72.9 cm³/mol. The van der Waals surface area contributed by atoms with Crippen molar-refractivity contribution in [3.63, 3.8) is 0 Å². The summed E-state index contributed by atoms with van der Waals surface area (Å²) in [6, 6.07) is 5.77. The Labute approximate surface area is 108 Å². The van der Waals surface area contributed by atoms with Crippen LogP contribution in [0, 0.1) is 6.92 Å². The van der Waals surface area contributed by atoms with Crippen molar-refractivity contribution >= 4 is 11.5 Å². The molecule has 0 saturated heterocycles. The Kier molecular flexibility index (Phi) is 5.43. The molecular formula is C15H20O3. The fraction of sp³-hybridized carbons (Fsp3) is 0.400. The molecular weight excluding hydrogens is 228 g/mol. The predicted octanol–water partition coefficient (Wildman–Crippen LogP) is 3.66. The summed E-state index contributed by atoms with van der Waals surface area (Å²) in [5.41, 5.74) is 2.85. The molecule has 0 fully saturated rings. The second-order valence-corrected chi connectivity index (χ2v) is 4.30. The molecule has 1 rings (SSSR count). The molecule has 0 unspecified atom stereocenters. The van der Waals surface area contributed by atoms with Gasteiger partial charge in [0.05, 0.1) is 7.11 Å². The number of allylic oxidation sites excluding steroid dienone is 1. The number of hydrogen-bond acceptors (Lipinski definition) is 2. The van der Waals surface area contributed by atoms with Gasteiger partial charge in [-0.3, -0.25) is 0 Å². The zero-order chi connectivity index (χ0) is 13.5. The summed E-state index contributed by atoms with van der Waals surface area (Å²) < 4.78 is 5.21. The summed E-state index contributed by atoms with van der Waals surface area (Å²) in [5, 5.41) is 8.91. The number of unbranched alkanes of at least 4 members (excludes halogenated alkanes) is 1. The van der Waals surface area contributed by atoms with E-state index in [4.69, 9.17) is 9.84 Å². The third-order valence-corrected chi connectivity index (χ3v) is 2.86. The van der Waals surface area contributed by atoms with Gasteiger partial charge in [-0.15, -0.1) is 0 Å². The van der Waals surface area contributed by atoms with Gasteiger partial charge in [-0.25, -0.2) is 4.79 Å². The van der Waals surface area contributed by atoms with Crippen LogP contribution in [0.4, 0.5) is 0 Å². The number of hydrogen-bond donors (Lipinski definition) is 1. The number of benzene rings is 1. The lowest BCUT2D eigenvalue weighted by Gasteiger charge is -2.10. The number of aliphatic carboxylic acids is 1. The normalized spacial score (nSPS) is 11.4. The first-order valence-electron chi connectivity index (χ1n) is 6.17. The van der Waals surface area contributed by atoms with E-state index >= 15 is 0 Å². The van der Waals surface area contributed by atoms with Crippen LogP contribution in [-0.4, -0.2) is 18.2 Å². The molecule has 0 aliphatic carbocycles. The molecule has 0 radical (unpaired) electrons. The van der Waals surface area contributed by atoms with Crippen molar-refractivity contribution < 1.29 is 14.6 Å². The van der Waals surface area contributed by atoms with Crippen LogP contribution >= 0.6 is 0 Å². The standard InChI is InChI=1S/C15H20O3/c1-4-5-6-12(10-15(16)17)13-7-8-14(18-3)11(2)9-13/h7-10H,4-6H2,1-3H3,(H,16,17)/b12-10+. The summed E-state index contributed by atoms with van der Waals surface area (Å²) in [6.45, 7) is 4.05. The summed E-state index contributed by atoms with van der Waals surface area (Å²) in [4.78, 5) is 10.9. The molecule has 3 heteroatoms. The molecule has 1 aromatic rings. The van der Waals surface area contributed by atoms with Crippen molar-refractivity contribution in [2.24, 2.45) is 0 Å². The zero-order valence-corrected chi connectivity index (χ0v) is 11.2. The lowest BCUT2D eigenvalue weighted by Crippen LogP contribution is -1.95. The first-order valence-corrected chi connectivity index (χ1v) is 6.17. The topological polar surface area (TPSA) is 46.5 Å². The van der Waals surface area contributed by atoms with Crippen molar-refractivity contribution in [1.82, 2.24) is 0 Å².